The summed E-state index contributed by atoms with van der Waals surface area (Å²) in [5.74, 6) is -4.07. The van der Waals surface area contributed by atoms with E-state index in [2.05, 4.69) is 31.6 Å². The molecule has 13 nitrogen and oxygen atoms in total. The summed E-state index contributed by atoms with van der Waals surface area (Å²) in [6, 6.07) is 21.8. The Morgan fingerprint density at radius 1 is 0.582 bits per heavy atom. The Bertz CT molecular complexity index is 1950. The third-order valence-electron chi connectivity index (χ3n) is 9.05. The quantitative estimate of drug-likeness (QED) is 0.0898. The average molecular weight is 750 g/mol. The van der Waals surface area contributed by atoms with Gasteiger partial charge < -0.3 is 32.3 Å². The maximum atomic E-state index is 14.1. The predicted molar refractivity (Wildman–Crippen MR) is 210 cm³/mol. The molecule has 0 spiro atoms. The number of nitrogens with zero attached hydrogens (tertiary/aromatic N) is 1. The zero-order valence-electron chi connectivity index (χ0n) is 31.9. The van der Waals surface area contributed by atoms with Crippen molar-refractivity contribution in [1.29, 1.82) is 0 Å². The van der Waals surface area contributed by atoms with E-state index in [-0.39, 0.29) is 24.5 Å². The number of carbonyl (C=O) groups is 6. The van der Waals surface area contributed by atoms with Crippen LogP contribution >= 0.6 is 0 Å². The van der Waals surface area contributed by atoms with Gasteiger partial charge in [0.25, 0.3) is 5.91 Å². The number of benzene rings is 3. The fourth-order valence-electron chi connectivity index (χ4n) is 6.00. The minimum Gasteiger partial charge on any atom is -0.368 e. The van der Waals surface area contributed by atoms with Crippen molar-refractivity contribution in [3.63, 3.8) is 0 Å². The van der Waals surface area contributed by atoms with E-state index in [0.717, 1.165) is 21.9 Å². The Hall–Kier alpha value is -6.11. The highest BCUT2D eigenvalue weighted by Gasteiger charge is 2.33. The van der Waals surface area contributed by atoms with E-state index in [1.54, 1.807) is 62.5 Å². The van der Waals surface area contributed by atoms with Crippen molar-refractivity contribution in [2.45, 2.75) is 84.1 Å². The van der Waals surface area contributed by atoms with Crippen molar-refractivity contribution in [2.24, 2.45) is 17.6 Å². The van der Waals surface area contributed by atoms with Crippen molar-refractivity contribution in [2.75, 3.05) is 0 Å². The largest absolute Gasteiger partial charge is 0.368 e. The van der Waals surface area contributed by atoms with E-state index < -0.39 is 71.6 Å². The Kier molecular flexibility index (Phi) is 15.0. The summed E-state index contributed by atoms with van der Waals surface area (Å²) in [5, 5.41) is 15.4. The molecule has 1 heterocycles. The number of amides is 6. The molecular formula is C42H51N7O6. The zero-order valence-corrected chi connectivity index (χ0v) is 31.9. The van der Waals surface area contributed by atoms with E-state index in [1.165, 1.54) is 6.92 Å². The molecular weight excluding hydrogens is 699 g/mol. The zero-order chi connectivity index (χ0) is 40.1. The van der Waals surface area contributed by atoms with Crippen molar-refractivity contribution < 1.29 is 28.8 Å². The van der Waals surface area contributed by atoms with Gasteiger partial charge in [-0.25, -0.2) is 0 Å². The molecule has 290 valence electrons. The summed E-state index contributed by atoms with van der Waals surface area (Å²) < 4.78 is 0. The van der Waals surface area contributed by atoms with Crippen LogP contribution in [0.2, 0.25) is 0 Å². The lowest BCUT2D eigenvalue weighted by Gasteiger charge is -2.28. The van der Waals surface area contributed by atoms with Crippen LogP contribution in [-0.2, 0) is 36.8 Å². The van der Waals surface area contributed by atoms with Gasteiger partial charge in [-0.2, -0.15) is 0 Å². The second kappa shape index (κ2) is 19.8. The molecule has 0 saturated carbocycles. The third kappa shape index (κ3) is 12.5. The molecule has 5 atom stereocenters. The summed E-state index contributed by atoms with van der Waals surface area (Å²) >= 11 is 0. The number of carbonyl (C=O) groups excluding carboxylic acids is 6. The minimum atomic E-state index is -1.17. The molecule has 3 aromatic carbocycles. The summed E-state index contributed by atoms with van der Waals surface area (Å²) in [7, 11) is 0. The van der Waals surface area contributed by atoms with Gasteiger partial charge in [0, 0.05) is 24.4 Å². The molecule has 13 heteroatoms. The van der Waals surface area contributed by atoms with E-state index in [4.69, 9.17) is 5.73 Å². The lowest BCUT2D eigenvalue weighted by atomic mass is 9.98. The van der Waals surface area contributed by atoms with Gasteiger partial charge in [0.2, 0.25) is 29.5 Å². The summed E-state index contributed by atoms with van der Waals surface area (Å²) in [5.41, 5.74) is 7.17. The number of rotatable bonds is 18. The summed E-state index contributed by atoms with van der Waals surface area (Å²) in [4.78, 5) is 84.6. The maximum absolute atomic E-state index is 14.1. The molecule has 0 aliphatic rings. The van der Waals surface area contributed by atoms with Gasteiger partial charge in [0.15, 0.2) is 0 Å². The fourth-order valence-corrected chi connectivity index (χ4v) is 6.00. The van der Waals surface area contributed by atoms with Crippen LogP contribution in [0.15, 0.2) is 97.2 Å². The molecule has 55 heavy (non-hydrogen) atoms. The van der Waals surface area contributed by atoms with Crippen molar-refractivity contribution in [3.8, 4) is 0 Å². The van der Waals surface area contributed by atoms with Gasteiger partial charge in [-0.1, -0.05) is 113 Å². The first-order chi connectivity index (χ1) is 26.2. The third-order valence-corrected chi connectivity index (χ3v) is 9.05. The van der Waals surface area contributed by atoms with Crippen molar-refractivity contribution in [3.05, 3.63) is 114 Å². The Labute approximate surface area is 321 Å². The van der Waals surface area contributed by atoms with Crippen LogP contribution in [0.1, 0.15) is 62.7 Å². The highest BCUT2D eigenvalue weighted by Crippen LogP contribution is 2.14. The number of nitrogens with two attached hydrogens (primary N) is 1. The van der Waals surface area contributed by atoms with Gasteiger partial charge in [-0.3, -0.25) is 33.8 Å². The SMILES string of the molecule is CC(C)C[C@@H](NC(=O)[C@H](NC(=O)[C@@H](Cc1ccccc1)NC(=O)[C@@H](Cc1ccccc1)NC(=O)[C@@H](C)NC(=O)c1cc2ccccc2cn1)C(C)C)C(N)=O. The van der Waals surface area contributed by atoms with Gasteiger partial charge >= 0.3 is 0 Å². The molecule has 0 aliphatic heterocycles. The predicted octanol–water partition coefficient (Wildman–Crippen LogP) is 2.97. The number of aromatic nitrogens is 1. The first-order valence-electron chi connectivity index (χ1n) is 18.5. The highest BCUT2D eigenvalue weighted by atomic mass is 16.2. The van der Waals surface area contributed by atoms with Crippen LogP contribution in [0.3, 0.4) is 0 Å². The molecule has 0 radical (unpaired) electrons. The summed E-state index contributed by atoms with van der Waals surface area (Å²) in [6.45, 7) is 8.79. The Morgan fingerprint density at radius 2 is 1.07 bits per heavy atom. The molecule has 6 amide bonds. The second-order valence-corrected chi connectivity index (χ2v) is 14.4. The minimum absolute atomic E-state index is 0.0688. The lowest BCUT2D eigenvalue weighted by molar-refractivity contribution is -0.135. The molecule has 4 aromatic rings. The Balaban J connectivity index is 1.54. The van der Waals surface area contributed by atoms with Gasteiger partial charge in [0.1, 0.15) is 35.9 Å². The van der Waals surface area contributed by atoms with E-state index in [0.29, 0.717) is 6.42 Å². The molecule has 7 N–H and O–H groups in total. The molecule has 1 aromatic heterocycles. The fraction of sp³-hybridized carbons (Fsp3) is 0.357. The molecule has 0 aliphatic carbocycles. The maximum Gasteiger partial charge on any atom is 0.270 e. The first kappa shape index (κ1) is 41.6. The monoisotopic (exact) mass is 749 g/mol. The lowest BCUT2D eigenvalue weighted by Crippen LogP contribution is -2.60. The second-order valence-electron chi connectivity index (χ2n) is 14.4. The number of fused-ring (bicyclic) bond motifs is 1. The van der Waals surface area contributed by atoms with E-state index in [9.17, 15) is 28.8 Å². The van der Waals surface area contributed by atoms with Crippen molar-refractivity contribution in [1.82, 2.24) is 31.6 Å². The van der Waals surface area contributed by atoms with Crippen LogP contribution in [0.5, 0.6) is 0 Å². The van der Waals surface area contributed by atoms with E-state index >= 15 is 0 Å². The highest BCUT2D eigenvalue weighted by molar-refractivity contribution is 6.00. The van der Waals surface area contributed by atoms with Crippen LogP contribution < -0.4 is 32.3 Å². The first-order valence-corrected chi connectivity index (χ1v) is 18.5. The molecule has 0 saturated heterocycles. The van der Waals surface area contributed by atoms with Crippen LogP contribution in [0, 0.1) is 11.8 Å². The number of nitrogens with one attached hydrogen (secondary N) is 5. The Morgan fingerprint density at radius 3 is 1.60 bits per heavy atom. The average Bonchev–Trinajstić information content (AvgIpc) is 3.16. The molecule has 4 rings (SSSR count). The number of pyridine rings is 1. The van der Waals surface area contributed by atoms with Gasteiger partial charge in [-0.15, -0.1) is 0 Å². The van der Waals surface area contributed by atoms with Crippen molar-refractivity contribution >= 4 is 46.2 Å². The van der Waals surface area contributed by atoms with Gasteiger partial charge in [-0.05, 0) is 47.8 Å². The number of hydrogen-bond donors (Lipinski definition) is 6. The summed E-state index contributed by atoms with van der Waals surface area (Å²) in [6.07, 6.45) is 2.05. The molecule has 0 unspecified atom stereocenters. The van der Waals surface area contributed by atoms with E-state index in [1.807, 2.05) is 62.4 Å². The van der Waals surface area contributed by atoms with Crippen LogP contribution in [-0.4, -0.2) is 70.6 Å². The number of hydrogen-bond acceptors (Lipinski definition) is 7. The standard InChI is InChI=1S/C42H51N7O6/c1-25(2)20-32(37(43)50)46-42(55)36(26(3)4)49-41(54)35(22-29-16-10-7-11-17-29)48-40(53)34(21-28-14-8-6-9-15-28)47-38(51)27(5)45-39(52)33-23-30-18-12-13-19-31(30)24-44-33/h6-19,23-27,32,34-36H,20-22H2,1-5H3,(H2,43,50)(H,45,52)(H,46,55)(H,47,51)(H,48,53)(H,49,54)/t27-,32-,34-,35-,36-/m1/s1. The smallest absolute Gasteiger partial charge is 0.270 e. The molecule has 0 fully saturated rings. The molecule has 0 bridgehead atoms. The van der Waals surface area contributed by atoms with Crippen LogP contribution in [0.4, 0.5) is 0 Å². The van der Waals surface area contributed by atoms with Gasteiger partial charge in [0.05, 0.1) is 0 Å². The number of primary amides is 1. The van der Waals surface area contributed by atoms with Crippen LogP contribution in [0.25, 0.3) is 10.8 Å². The topological polar surface area (TPSA) is 201 Å². The normalized spacial score (nSPS) is 13.9.